The maximum absolute atomic E-state index is 11.7. The van der Waals surface area contributed by atoms with Gasteiger partial charge in [-0.25, -0.2) is 14.8 Å². The predicted molar refractivity (Wildman–Crippen MR) is 90.3 cm³/mol. The van der Waals surface area contributed by atoms with E-state index in [-0.39, 0.29) is 12.5 Å². The maximum atomic E-state index is 11.7. The standard InChI is InChI=1S/C17H14ClN3O4/c1-9-19-12-3-4-13(17(22)23-2)20-16(12)21(9)7-10-5-14-15(6-11(10)18)25-8-24-14/h3-6H,7-8H2,1-2H3. The van der Waals surface area contributed by atoms with Crippen molar-refractivity contribution in [3.8, 4) is 11.5 Å². The Balaban J connectivity index is 1.79. The lowest BCUT2D eigenvalue weighted by molar-refractivity contribution is 0.0594. The zero-order valence-corrected chi connectivity index (χ0v) is 14.3. The number of aromatic nitrogens is 3. The summed E-state index contributed by atoms with van der Waals surface area (Å²) in [6.45, 7) is 2.50. The van der Waals surface area contributed by atoms with Gasteiger partial charge in [-0.1, -0.05) is 11.6 Å². The number of nitrogens with zero attached hydrogens (tertiary/aromatic N) is 3. The minimum atomic E-state index is -0.492. The highest BCUT2D eigenvalue weighted by Crippen LogP contribution is 2.37. The molecule has 1 aliphatic heterocycles. The van der Waals surface area contributed by atoms with E-state index in [2.05, 4.69) is 9.97 Å². The Hall–Kier alpha value is -2.80. The van der Waals surface area contributed by atoms with Gasteiger partial charge in [0.05, 0.1) is 13.7 Å². The zero-order valence-electron chi connectivity index (χ0n) is 13.6. The molecule has 1 aromatic carbocycles. The molecule has 25 heavy (non-hydrogen) atoms. The Morgan fingerprint density at radius 2 is 2.04 bits per heavy atom. The van der Waals surface area contributed by atoms with E-state index in [0.717, 1.165) is 11.4 Å². The molecule has 3 heterocycles. The first-order valence-corrected chi connectivity index (χ1v) is 7.95. The molecule has 3 aromatic rings. The molecule has 0 fully saturated rings. The molecular formula is C17H14ClN3O4. The summed E-state index contributed by atoms with van der Waals surface area (Å²) >= 11 is 6.37. The van der Waals surface area contributed by atoms with E-state index < -0.39 is 5.97 Å². The smallest absolute Gasteiger partial charge is 0.356 e. The fourth-order valence-corrected chi connectivity index (χ4v) is 2.99. The Bertz CT molecular complexity index is 999. The van der Waals surface area contributed by atoms with Gasteiger partial charge in [0.15, 0.2) is 22.8 Å². The van der Waals surface area contributed by atoms with Gasteiger partial charge in [-0.05, 0) is 30.7 Å². The zero-order chi connectivity index (χ0) is 17.6. The Morgan fingerprint density at radius 1 is 1.28 bits per heavy atom. The van der Waals surface area contributed by atoms with Gasteiger partial charge in [0, 0.05) is 11.1 Å². The first-order chi connectivity index (χ1) is 12.1. The van der Waals surface area contributed by atoms with Crippen molar-refractivity contribution >= 4 is 28.7 Å². The van der Waals surface area contributed by atoms with Crippen LogP contribution in [-0.2, 0) is 11.3 Å². The van der Waals surface area contributed by atoms with Crippen molar-refractivity contribution in [3.63, 3.8) is 0 Å². The van der Waals surface area contributed by atoms with Crippen molar-refractivity contribution in [2.75, 3.05) is 13.9 Å². The van der Waals surface area contributed by atoms with Gasteiger partial charge < -0.3 is 18.8 Å². The van der Waals surface area contributed by atoms with Gasteiger partial charge in [-0.3, -0.25) is 0 Å². The number of imidazole rings is 1. The number of carbonyl (C=O) groups is 1. The number of pyridine rings is 1. The summed E-state index contributed by atoms with van der Waals surface area (Å²) in [5, 5.41) is 0.564. The van der Waals surface area contributed by atoms with Gasteiger partial charge in [-0.2, -0.15) is 0 Å². The normalized spacial score (nSPS) is 12.6. The Morgan fingerprint density at radius 3 is 2.80 bits per heavy atom. The van der Waals surface area contributed by atoms with Crippen LogP contribution in [0.5, 0.6) is 11.5 Å². The second kappa shape index (κ2) is 5.93. The fraction of sp³-hybridized carbons (Fsp3) is 0.235. The number of benzene rings is 1. The summed E-state index contributed by atoms with van der Waals surface area (Å²) in [6, 6.07) is 6.93. The molecule has 0 amide bonds. The third-order valence-corrected chi connectivity index (χ3v) is 4.40. The molecular weight excluding hydrogens is 346 g/mol. The highest BCUT2D eigenvalue weighted by atomic mass is 35.5. The topological polar surface area (TPSA) is 75.5 Å². The first kappa shape index (κ1) is 15.7. The summed E-state index contributed by atoms with van der Waals surface area (Å²) in [5.74, 6) is 1.56. The number of methoxy groups -OCH3 is 1. The molecule has 4 rings (SSSR count). The molecule has 0 saturated carbocycles. The van der Waals surface area contributed by atoms with Crippen molar-refractivity contribution in [3.05, 3.63) is 46.4 Å². The van der Waals surface area contributed by atoms with Crippen LogP contribution in [0.3, 0.4) is 0 Å². The van der Waals surface area contributed by atoms with Crippen LogP contribution in [0.1, 0.15) is 21.9 Å². The van der Waals surface area contributed by atoms with E-state index in [1.54, 1.807) is 18.2 Å². The lowest BCUT2D eigenvalue weighted by Gasteiger charge is -2.10. The summed E-state index contributed by atoms with van der Waals surface area (Å²) < 4.78 is 17.4. The molecule has 0 bridgehead atoms. The second-order valence-corrected chi connectivity index (χ2v) is 5.98. The number of carbonyl (C=O) groups excluding carboxylic acids is 1. The van der Waals surface area contributed by atoms with Crippen LogP contribution in [0.4, 0.5) is 0 Å². The van der Waals surface area contributed by atoms with Crippen molar-refractivity contribution in [1.82, 2.24) is 14.5 Å². The summed E-state index contributed by atoms with van der Waals surface area (Å²) in [6.07, 6.45) is 0. The van der Waals surface area contributed by atoms with Crippen molar-refractivity contribution in [2.45, 2.75) is 13.5 Å². The average molecular weight is 360 g/mol. The number of hydrogen-bond acceptors (Lipinski definition) is 6. The van der Waals surface area contributed by atoms with Gasteiger partial charge in [0.2, 0.25) is 6.79 Å². The Kier molecular flexibility index (Phi) is 3.73. The number of ether oxygens (including phenoxy) is 3. The summed E-state index contributed by atoms with van der Waals surface area (Å²) in [5.41, 5.74) is 2.36. The van der Waals surface area contributed by atoms with Crippen molar-refractivity contribution in [2.24, 2.45) is 0 Å². The first-order valence-electron chi connectivity index (χ1n) is 7.57. The maximum Gasteiger partial charge on any atom is 0.356 e. The molecule has 7 nitrogen and oxygen atoms in total. The van der Waals surface area contributed by atoms with E-state index in [1.807, 2.05) is 17.6 Å². The number of fused-ring (bicyclic) bond motifs is 2. The molecule has 0 atom stereocenters. The predicted octanol–water partition coefficient (Wildman–Crippen LogP) is 2.96. The van der Waals surface area contributed by atoms with Gasteiger partial charge in [0.1, 0.15) is 11.3 Å². The third kappa shape index (κ3) is 2.66. The molecule has 1 aliphatic rings. The van der Waals surface area contributed by atoms with Gasteiger partial charge >= 0.3 is 5.97 Å². The highest BCUT2D eigenvalue weighted by molar-refractivity contribution is 6.31. The molecule has 128 valence electrons. The second-order valence-electron chi connectivity index (χ2n) is 5.57. The van der Waals surface area contributed by atoms with Crippen LogP contribution in [0.2, 0.25) is 5.02 Å². The fourth-order valence-electron chi connectivity index (χ4n) is 2.77. The van der Waals surface area contributed by atoms with Crippen LogP contribution >= 0.6 is 11.6 Å². The van der Waals surface area contributed by atoms with E-state index in [1.165, 1.54) is 7.11 Å². The van der Waals surface area contributed by atoms with Gasteiger partial charge in [-0.15, -0.1) is 0 Å². The molecule has 0 spiro atoms. The molecule has 0 radical (unpaired) electrons. The molecule has 2 aromatic heterocycles. The number of rotatable bonds is 3. The SMILES string of the molecule is COC(=O)c1ccc2nc(C)n(Cc3cc4c(cc3Cl)OCO4)c2n1. The monoisotopic (exact) mass is 359 g/mol. The quantitative estimate of drug-likeness (QED) is 0.669. The molecule has 0 saturated heterocycles. The molecule has 0 aliphatic carbocycles. The van der Waals surface area contributed by atoms with E-state index in [0.29, 0.717) is 34.2 Å². The molecule has 0 N–H and O–H groups in total. The summed E-state index contributed by atoms with van der Waals surface area (Å²) in [7, 11) is 1.32. The number of halogens is 1. The van der Waals surface area contributed by atoms with E-state index >= 15 is 0 Å². The minimum Gasteiger partial charge on any atom is -0.464 e. The van der Waals surface area contributed by atoms with Crippen molar-refractivity contribution in [1.29, 1.82) is 0 Å². The van der Waals surface area contributed by atoms with Crippen molar-refractivity contribution < 1.29 is 19.0 Å². The van der Waals surface area contributed by atoms with Crippen LogP contribution in [0.25, 0.3) is 11.2 Å². The van der Waals surface area contributed by atoms with Crippen LogP contribution in [0, 0.1) is 6.92 Å². The summed E-state index contributed by atoms with van der Waals surface area (Å²) in [4.78, 5) is 20.6. The number of esters is 1. The average Bonchev–Trinajstić information content (AvgIpc) is 3.18. The lowest BCUT2D eigenvalue weighted by Crippen LogP contribution is -2.07. The molecule has 0 unspecified atom stereocenters. The van der Waals surface area contributed by atoms with E-state index in [4.69, 9.17) is 25.8 Å². The van der Waals surface area contributed by atoms with Crippen LogP contribution in [-0.4, -0.2) is 34.4 Å². The van der Waals surface area contributed by atoms with E-state index in [9.17, 15) is 4.79 Å². The highest BCUT2D eigenvalue weighted by Gasteiger charge is 2.19. The van der Waals surface area contributed by atoms with Crippen LogP contribution in [0.15, 0.2) is 24.3 Å². The largest absolute Gasteiger partial charge is 0.464 e. The molecule has 8 heteroatoms. The number of hydrogen-bond donors (Lipinski definition) is 0. The third-order valence-electron chi connectivity index (χ3n) is 4.05. The Labute approximate surface area is 148 Å². The lowest BCUT2D eigenvalue weighted by atomic mass is 10.2. The van der Waals surface area contributed by atoms with Gasteiger partial charge in [0.25, 0.3) is 0 Å². The van der Waals surface area contributed by atoms with Crippen LogP contribution < -0.4 is 9.47 Å². The number of aryl methyl sites for hydroxylation is 1. The minimum absolute atomic E-state index is 0.187.